The Morgan fingerprint density at radius 2 is 2.12 bits per heavy atom. The fourth-order valence-electron chi connectivity index (χ4n) is 2.76. The van der Waals surface area contributed by atoms with Gasteiger partial charge >= 0.3 is 0 Å². The van der Waals surface area contributed by atoms with E-state index in [0.29, 0.717) is 6.54 Å². The number of halogens is 1. The maximum absolute atomic E-state index is 5.33. The first-order valence-electron chi connectivity index (χ1n) is 8.56. The number of hydrogen-bond donors (Lipinski definition) is 1. The summed E-state index contributed by atoms with van der Waals surface area (Å²) in [5.41, 5.74) is 0.981. The first-order valence-corrected chi connectivity index (χ1v) is 9.44. The van der Waals surface area contributed by atoms with Crippen LogP contribution in [0.15, 0.2) is 33.1 Å². The maximum atomic E-state index is 5.33. The SMILES string of the molecule is CCNC(=NCc1cc(CC)no1)N1CCN(c2cccs2)CC1.I. The third-order valence-electron chi connectivity index (χ3n) is 4.09. The molecular weight excluding hydrogens is 449 g/mol. The van der Waals surface area contributed by atoms with Gasteiger partial charge in [0, 0.05) is 38.8 Å². The first-order chi connectivity index (χ1) is 11.8. The van der Waals surface area contributed by atoms with Crippen LogP contribution in [0, 0.1) is 0 Å². The van der Waals surface area contributed by atoms with Crippen molar-refractivity contribution in [1.82, 2.24) is 15.4 Å². The van der Waals surface area contributed by atoms with Crippen molar-refractivity contribution >= 4 is 46.3 Å². The summed E-state index contributed by atoms with van der Waals surface area (Å²) < 4.78 is 5.33. The predicted octanol–water partition coefficient (Wildman–Crippen LogP) is 3.20. The number of nitrogens with one attached hydrogen (secondary N) is 1. The molecule has 2 aromatic rings. The molecule has 138 valence electrons. The van der Waals surface area contributed by atoms with Crippen LogP contribution in [0.5, 0.6) is 0 Å². The maximum Gasteiger partial charge on any atom is 0.194 e. The van der Waals surface area contributed by atoms with Crippen LogP contribution in [0.25, 0.3) is 0 Å². The van der Waals surface area contributed by atoms with Gasteiger partial charge in [0.2, 0.25) is 0 Å². The standard InChI is InChI=1S/C17H25N5OS.HI/c1-3-14-12-15(23-20-14)13-19-17(18-4-2)22-9-7-21(8-10-22)16-6-5-11-24-16;/h5-6,11-12H,3-4,7-10,13H2,1-2H3,(H,18,19);1H. The zero-order valence-corrected chi connectivity index (χ0v) is 17.9. The van der Waals surface area contributed by atoms with Gasteiger partial charge in [-0.05, 0) is 30.9 Å². The second kappa shape index (κ2) is 10.0. The Labute approximate surface area is 170 Å². The lowest BCUT2D eigenvalue weighted by Gasteiger charge is -2.37. The second-order valence-electron chi connectivity index (χ2n) is 5.73. The summed E-state index contributed by atoms with van der Waals surface area (Å²) in [6.45, 7) is 9.55. The molecule has 6 nitrogen and oxygen atoms in total. The fraction of sp³-hybridized carbons (Fsp3) is 0.529. The molecule has 0 amide bonds. The zero-order chi connectivity index (χ0) is 16.8. The number of aryl methyl sites for hydroxylation is 1. The number of aromatic nitrogens is 1. The largest absolute Gasteiger partial charge is 0.360 e. The van der Waals surface area contributed by atoms with E-state index in [4.69, 9.17) is 9.52 Å². The molecule has 1 aliphatic rings. The highest BCUT2D eigenvalue weighted by atomic mass is 127. The van der Waals surface area contributed by atoms with Gasteiger partial charge in [-0.15, -0.1) is 35.3 Å². The van der Waals surface area contributed by atoms with Gasteiger partial charge in [0.25, 0.3) is 0 Å². The van der Waals surface area contributed by atoms with Gasteiger partial charge in [0.05, 0.1) is 10.7 Å². The second-order valence-corrected chi connectivity index (χ2v) is 6.66. The Morgan fingerprint density at radius 3 is 2.72 bits per heavy atom. The Bertz CT molecular complexity index is 650. The molecule has 2 aromatic heterocycles. The van der Waals surface area contributed by atoms with Gasteiger partial charge in [0.1, 0.15) is 6.54 Å². The van der Waals surface area contributed by atoms with Gasteiger partial charge in [-0.2, -0.15) is 0 Å². The highest BCUT2D eigenvalue weighted by Gasteiger charge is 2.20. The minimum absolute atomic E-state index is 0. The van der Waals surface area contributed by atoms with E-state index in [1.807, 2.05) is 6.07 Å². The molecule has 1 N–H and O–H groups in total. The molecule has 1 fully saturated rings. The molecule has 3 heterocycles. The summed E-state index contributed by atoms with van der Waals surface area (Å²) in [5, 5.41) is 10.9. The monoisotopic (exact) mass is 475 g/mol. The van der Waals surface area contributed by atoms with E-state index in [1.165, 1.54) is 5.00 Å². The lowest BCUT2D eigenvalue weighted by molar-refractivity contribution is 0.365. The lowest BCUT2D eigenvalue weighted by Crippen LogP contribution is -2.52. The van der Waals surface area contributed by atoms with Crippen LogP contribution in [-0.4, -0.2) is 48.7 Å². The van der Waals surface area contributed by atoms with E-state index in [-0.39, 0.29) is 24.0 Å². The molecule has 25 heavy (non-hydrogen) atoms. The van der Waals surface area contributed by atoms with Crippen molar-refractivity contribution in [3.05, 3.63) is 35.0 Å². The zero-order valence-electron chi connectivity index (χ0n) is 14.8. The van der Waals surface area contributed by atoms with E-state index >= 15 is 0 Å². The van der Waals surface area contributed by atoms with Crippen LogP contribution in [0.1, 0.15) is 25.3 Å². The van der Waals surface area contributed by atoms with Crippen molar-refractivity contribution in [3.63, 3.8) is 0 Å². The summed E-state index contributed by atoms with van der Waals surface area (Å²) in [5.74, 6) is 1.78. The fourth-order valence-corrected chi connectivity index (χ4v) is 3.55. The number of aliphatic imine (C=N–C) groups is 1. The van der Waals surface area contributed by atoms with Crippen LogP contribution in [-0.2, 0) is 13.0 Å². The molecular formula is C17H26IN5OS. The van der Waals surface area contributed by atoms with E-state index in [1.54, 1.807) is 11.3 Å². The molecule has 1 aliphatic heterocycles. The highest BCUT2D eigenvalue weighted by Crippen LogP contribution is 2.22. The van der Waals surface area contributed by atoms with Crippen molar-refractivity contribution in [2.75, 3.05) is 37.6 Å². The van der Waals surface area contributed by atoms with Gasteiger partial charge in [-0.1, -0.05) is 12.1 Å². The molecule has 0 bridgehead atoms. The summed E-state index contributed by atoms with van der Waals surface area (Å²) in [7, 11) is 0. The summed E-state index contributed by atoms with van der Waals surface area (Å²) in [6, 6.07) is 6.29. The van der Waals surface area contributed by atoms with Crippen LogP contribution in [0.4, 0.5) is 5.00 Å². The number of rotatable bonds is 5. The average molecular weight is 475 g/mol. The minimum Gasteiger partial charge on any atom is -0.360 e. The van der Waals surface area contributed by atoms with Crippen LogP contribution < -0.4 is 10.2 Å². The van der Waals surface area contributed by atoms with Crippen molar-refractivity contribution in [2.45, 2.75) is 26.8 Å². The third kappa shape index (κ3) is 5.34. The van der Waals surface area contributed by atoms with Crippen LogP contribution in [0.3, 0.4) is 0 Å². The topological polar surface area (TPSA) is 56.9 Å². The van der Waals surface area contributed by atoms with Crippen molar-refractivity contribution in [3.8, 4) is 0 Å². The Hall–Kier alpha value is -1.29. The van der Waals surface area contributed by atoms with E-state index < -0.39 is 0 Å². The normalized spacial score (nSPS) is 15.2. The number of guanidine groups is 1. The number of hydrogen-bond acceptors (Lipinski definition) is 5. The Morgan fingerprint density at radius 1 is 1.32 bits per heavy atom. The van der Waals surface area contributed by atoms with Crippen LogP contribution in [0.2, 0.25) is 0 Å². The van der Waals surface area contributed by atoms with E-state index in [0.717, 1.165) is 56.6 Å². The van der Waals surface area contributed by atoms with E-state index in [2.05, 4.69) is 51.6 Å². The van der Waals surface area contributed by atoms with Gasteiger partial charge in [0.15, 0.2) is 11.7 Å². The molecule has 0 spiro atoms. The lowest BCUT2D eigenvalue weighted by atomic mass is 10.3. The molecule has 3 rings (SSSR count). The summed E-state index contributed by atoms with van der Waals surface area (Å²) >= 11 is 1.80. The van der Waals surface area contributed by atoms with Crippen molar-refractivity contribution < 1.29 is 4.52 Å². The molecule has 1 saturated heterocycles. The minimum atomic E-state index is 0. The number of piperazine rings is 1. The molecule has 0 atom stereocenters. The Kier molecular flexibility index (Phi) is 8.01. The van der Waals surface area contributed by atoms with Gasteiger partial charge in [-0.3, -0.25) is 0 Å². The average Bonchev–Trinajstić information content (AvgIpc) is 3.30. The summed E-state index contributed by atoms with van der Waals surface area (Å²) in [4.78, 5) is 9.49. The smallest absolute Gasteiger partial charge is 0.194 e. The number of thiophene rings is 1. The number of anilines is 1. The van der Waals surface area contributed by atoms with Crippen LogP contribution >= 0.6 is 35.3 Å². The van der Waals surface area contributed by atoms with Crippen molar-refractivity contribution in [1.29, 1.82) is 0 Å². The molecule has 0 unspecified atom stereocenters. The predicted molar refractivity (Wildman–Crippen MR) is 114 cm³/mol. The third-order valence-corrected chi connectivity index (χ3v) is 5.02. The quantitative estimate of drug-likeness (QED) is 0.409. The first kappa shape index (κ1) is 20.0. The summed E-state index contributed by atoms with van der Waals surface area (Å²) in [6.07, 6.45) is 0.887. The van der Waals surface area contributed by atoms with Gasteiger partial charge in [-0.25, -0.2) is 4.99 Å². The molecule has 0 saturated carbocycles. The van der Waals surface area contributed by atoms with Gasteiger partial charge < -0.3 is 19.6 Å². The molecule has 8 heteroatoms. The highest BCUT2D eigenvalue weighted by molar-refractivity contribution is 14.0. The number of nitrogens with zero attached hydrogens (tertiary/aromatic N) is 4. The Balaban J connectivity index is 0.00000225. The van der Waals surface area contributed by atoms with Crippen molar-refractivity contribution in [2.24, 2.45) is 4.99 Å². The van der Waals surface area contributed by atoms with E-state index in [9.17, 15) is 0 Å². The molecule has 0 aliphatic carbocycles. The molecule has 0 aromatic carbocycles. The molecule has 0 radical (unpaired) electrons.